The summed E-state index contributed by atoms with van der Waals surface area (Å²) in [4.78, 5) is 6.91. The molecule has 1 saturated carbocycles. The molecule has 1 fully saturated rings. The molecular weight excluding hydrogens is 246 g/mol. The van der Waals surface area contributed by atoms with E-state index in [1.165, 1.54) is 19.3 Å². The van der Waals surface area contributed by atoms with Gasteiger partial charge in [0.25, 0.3) is 0 Å². The Bertz CT molecular complexity index is 402. The molecule has 0 saturated heterocycles. The summed E-state index contributed by atoms with van der Waals surface area (Å²) in [7, 11) is 0. The Labute approximate surface area is 123 Å². The van der Waals surface area contributed by atoms with E-state index in [1.54, 1.807) is 0 Å². The maximum atomic E-state index is 6.51. The van der Waals surface area contributed by atoms with Crippen molar-refractivity contribution >= 4 is 0 Å². The van der Waals surface area contributed by atoms with Gasteiger partial charge in [-0.1, -0.05) is 33.3 Å². The molecule has 1 aliphatic carbocycles. The fourth-order valence-corrected chi connectivity index (χ4v) is 3.37. The lowest BCUT2D eigenvalue weighted by Gasteiger charge is -2.43. The molecule has 0 aliphatic heterocycles. The van der Waals surface area contributed by atoms with Gasteiger partial charge in [0, 0.05) is 25.3 Å². The minimum atomic E-state index is 0.285. The topological polar surface area (TPSA) is 42.2 Å². The molecule has 0 amide bonds. The van der Waals surface area contributed by atoms with E-state index in [2.05, 4.69) is 42.8 Å². The van der Waals surface area contributed by atoms with Gasteiger partial charge in [-0.3, -0.25) is 9.88 Å². The Hall–Kier alpha value is -0.930. The number of hydrogen-bond donors (Lipinski definition) is 1. The highest BCUT2D eigenvalue weighted by atomic mass is 15.1. The van der Waals surface area contributed by atoms with Crippen LogP contribution in [0.2, 0.25) is 0 Å². The van der Waals surface area contributed by atoms with E-state index in [1.807, 2.05) is 12.3 Å². The van der Waals surface area contributed by atoms with Gasteiger partial charge >= 0.3 is 0 Å². The van der Waals surface area contributed by atoms with E-state index in [0.717, 1.165) is 25.3 Å². The summed E-state index contributed by atoms with van der Waals surface area (Å²) in [6, 6.07) is 6.45. The van der Waals surface area contributed by atoms with Crippen molar-refractivity contribution in [2.24, 2.45) is 17.1 Å². The summed E-state index contributed by atoms with van der Waals surface area (Å²) in [5, 5.41) is 0. The van der Waals surface area contributed by atoms with E-state index in [0.29, 0.717) is 12.0 Å². The third kappa shape index (κ3) is 3.80. The average molecular weight is 275 g/mol. The molecule has 1 aromatic heterocycles. The first-order valence-corrected chi connectivity index (χ1v) is 7.91. The zero-order chi connectivity index (χ0) is 14.6. The van der Waals surface area contributed by atoms with Gasteiger partial charge in [-0.25, -0.2) is 0 Å². The first-order chi connectivity index (χ1) is 9.53. The van der Waals surface area contributed by atoms with Crippen molar-refractivity contribution in [2.75, 3.05) is 13.1 Å². The molecular formula is C17H29N3. The number of rotatable bonds is 5. The van der Waals surface area contributed by atoms with Crippen LogP contribution in [0.25, 0.3) is 0 Å². The van der Waals surface area contributed by atoms with Crippen LogP contribution in [-0.2, 0) is 6.54 Å². The van der Waals surface area contributed by atoms with E-state index in [9.17, 15) is 0 Å². The number of pyridine rings is 1. The van der Waals surface area contributed by atoms with Gasteiger partial charge in [-0.2, -0.15) is 0 Å². The Morgan fingerprint density at radius 2 is 2.20 bits per heavy atom. The van der Waals surface area contributed by atoms with Crippen molar-refractivity contribution in [3.63, 3.8) is 0 Å². The third-order valence-corrected chi connectivity index (χ3v) is 4.86. The van der Waals surface area contributed by atoms with Crippen LogP contribution in [0.3, 0.4) is 0 Å². The summed E-state index contributed by atoms with van der Waals surface area (Å²) in [5.41, 5.74) is 7.95. The van der Waals surface area contributed by atoms with E-state index < -0.39 is 0 Å². The van der Waals surface area contributed by atoms with E-state index in [-0.39, 0.29) is 5.41 Å². The van der Waals surface area contributed by atoms with Crippen molar-refractivity contribution in [1.29, 1.82) is 0 Å². The molecule has 1 aliphatic rings. The highest BCUT2D eigenvalue weighted by Crippen LogP contribution is 2.38. The molecule has 2 unspecified atom stereocenters. The van der Waals surface area contributed by atoms with Crippen LogP contribution >= 0.6 is 0 Å². The monoisotopic (exact) mass is 275 g/mol. The summed E-state index contributed by atoms with van der Waals surface area (Å²) >= 11 is 0. The molecule has 2 rings (SSSR count). The maximum absolute atomic E-state index is 6.51. The van der Waals surface area contributed by atoms with Gasteiger partial charge in [0.15, 0.2) is 0 Å². The number of aromatic nitrogens is 1. The molecule has 0 radical (unpaired) electrons. The summed E-state index contributed by atoms with van der Waals surface area (Å²) < 4.78 is 0. The number of nitrogens with zero attached hydrogens (tertiary/aromatic N) is 2. The van der Waals surface area contributed by atoms with Crippen LogP contribution in [0.15, 0.2) is 24.4 Å². The highest BCUT2D eigenvalue weighted by molar-refractivity contribution is 5.03. The smallest absolute Gasteiger partial charge is 0.0543 e. The SMILES string of the molecule is CCN(Cc1ccccn1)CC1CCCC(C)(C)C1N. The fraction of sp³-hybridized carbons (Fsp3) is 0.706. The largest absolute Gasteiger partial charge is 0.327 e. The predicted octanol–water partition coefficient (Wildman–Crippen LogP) is 3.06. The molecule has 3 nitrogen and oxygen atoms in total. The van der Waals surface area contributed by atoms with Crippen LogP contribution in [0.5, 0.6) is 0 Å². The van der Waals surface area contributed by atoms with Crippen molar-refractivity contribution in [3.8, 4) is 0 Å². The maximum Gasteiger partial charge on any atom is 0.0543 e. The standard InChI is InChI=1S/C17H29N3/c1-4-20(13-15-9-5-6-11-19-15)12-14-8-7-10-17(2,3)16(14)18/h5-6,9,11,14,16H,4,7-8,10,12-13,18H2,1-3H3. The first-order valence-electron chi connectivity index (χ1n) is 7.91. The molecule has 2 N–H and O–H groups in total. The van der Waals surface area contributed by atoms with Crippen molar-refractivity contribution in [3.05, 3.63) is 30.1 Å². The number of nitrogens with two attached hydrogens (primary N) is 1. The van der Waals surface area contributed by atoms with Gasteiger partial charge in [-0.15, -0.1) is 0 Å². The second-order valence-corrected chi connectivity index (χ2v) is 6.82. The average Bonchev–Trinajstić information content (AvgIpc) is 2.44. The first kappa shape index (κ1) is 15.5. The Morgan fingerprint density at radius 1 is 1.40 bits per heavy atom. The lowest BCUT2D eigenvalue weighted by Crippen LogP contribution is -2.50. The predicted molar refractivity (Wildman–Crippen MR) is 84.3 cm³/mol. The van der Waals surface area contributed by atoms with Crippen LogP contribution in [0.1, 0.15) is 45.7 Å². The molecule has 3 heteroatoms. The highest BCUT2D eigenvalue weighted by Gasteiger charge is 2.36. The van der Waals surface area contributed by atoms with Gasteiger partial charge < -0.3 is 5.73 Å². The fourth-order valence-electron chi connectivity index (χ4n) is 3.37. The van der Waals surface area contributed by atoms with Crippen LogP contribution in [0.4, 0.5) is 0 Å². The lowest BCUT2D eigenvalue weighted by atomic mass is 9.68. The van der Waals surface area contributed by atoms with Gasteiger partial charge in [0.05, 0.1) is 5.69 Å². The molecule has 2 atom stereocenters. The Kier molecular flexibility index (Phi) is 5.17. The van der Waals surface area contributed by atoms with Gasteiger partial charge in [0.1, 0.15) is 0 Å². The molecule has 0 bridgehead atoms. The minimum absolute atomic E-state index is 0.285. The van der Waals surface area contributed by atoms with Crippen LogP contribution in [-0.4, -0.2) is 29.0 Å². The normalized spacial score (nSPS) is 25.9. The zero-order valence-corrected chi connectivity index (χ0v) is 13.2. The Balaban J connectivity index is 1.96. The zero-order valence-electron chi connectivity index (χ0n) is 13.2. The lowest BCUT2D eigenvalue weighted by molar-refractivity contribution is 0.101. The summed E-state index contributed by atoms with van der Waals surface area (Å²) in [6.07, 6.45) is 5.71. The second-order valence-electron chi connectivity index (χ2n) is 6.82. The Morgan fingerprint density at radius 3 is 2.85 bits per heavy atom. The quantitative estimate of drug-likeness (QED) is 0.898. The van der Waals surface area contributed by atoms with Crippen molar-refractivity contribution in [1.82, 2.24) is 9.88 Å². The van der Waals surface area contributed by atoms with Crippen molar-refractivity contribution < 1.29 is 0 Å². The van der Waals surface area contributed by atoms with E-state index >= 15 is 0 Å². The molecule has 112 valence electrons. The van der Waals surface area contributed by atoms with Crippen LogP contribution < -0.4 is 5.73 Å². The number of hydrogen-bond acceptors (Lipinski definition) is 3. The molecule has 1 heterocycles. The van der Waals surface area contributed by atoms with Crippen LogP contribution in [0, 0.1) is 11.3 Å². The third-order valence-electron chi connectivity index (χ3n) is 4.86. The van der Waals surface area contributed by atoms with Gasteiger partial charge in [0.2, 0.25) is 0 Å². The molecule has 0 aromatic carbocycles. The summed E-state index contributed by atoms with van der Waals surface area (Å²) in [6.45, 7) is 9.94. The molecule has 0 spiro atoms. The summed E-state index contributed by atoms with van der Waals surface area (Å²) in [5.74, 6) is 0.613. The van der Waals surface area contributed by atoms with Crippen molar-refractivity contribution in [2.45, 2.75) is 52.6 Å². The second kappa shape index (κ2) is 6.68. The molecule has 1 aromatic rings. The van der Waals surface area contributed by atoms with Gasteiger partial charge in [-0.05, 0) is 42.9 Å². The van der Waals surface area contributed by atoms with E-state index in [4.69, 9.17) is 5.73 Å². The molecule has 20 heavy (non-hydrogen) atoms. The minimum Gasteiger partial charge on any atom is -0.327 e.